The van der Waals surface area contributed by atoms with Gasteiger partial charge >= 0.3 is 11.9 Å². The fraction of sp³-hybridized carbons (Fsp3) is 0.923. The van der Waals surface area contributed by atoms with Crippen molar-refractivity contribution in [3.05, 3.63) is 0 Å². The number of carboxylic acids is 1. The molecule has 0 spiro atoms. The molecule has 5 saturated carbocycles. The Morgan fingerprint density at radius 3 is 2.67 bits per heavy atom. The van der Waals surface area contributed by atoms with Crippen LogP contribution in [0.1, 0.15) is 6.42 Å². The molecule has 7 aliphatic rings. The maximum Gasteiger partial charge on any atom is 0.377 e. The van der Waals surface area contributed by atoms with Crippen molar-refractivity contribution in [2.45, 2.75) is 24.0 Å². The average molecular weight is 254 g/mol. The lowest BCUT2D eigenvalue weighted by Gasteiger charge is -2.46. The molecule has 0 unspecified atom stereocenters. The molecule has 0 amide bonds. The van der Waals surface area contributed by atoms with Crippen LogP contribution in [0.5, 0.6) is 0 Å². The maximum absolute atomic E-state index is 14.3. The SMILES string of the molecule is O=C(O)C(F)(F)[C@]12O[C@H]3[C@H]4[C@@H]5[C@H]6C[C@H]([C@@H]5[C@H]41)[C@@H]2[C@@H]63. The highest BCUT2D eigenvalue weighted by Gasteiger charge is 2.97. The van der Waals surface area contributed by atoms with Crippen LogP contribution in [0, 0.1) is 47.3 Å². The summed E-state index contributed by atoms with van der Waals surface area (Å²) in [4.78, 5) is 11.0. The fourth-order valence-corrected chi connectivity index (χ4v) is 7.67. The van der Waals surface area contributed by atoms with Crippen LogP contribution in [0.2, 0.25) is 0 Å². The van der Waals surface area contributed by atoms with Crippen LogP contribution >= 0.6 is 0 Å². The number of rotatable bonds is 2. The van der Waals surface area contributed by atoms with Gasteiger partial charge < -0.3 is 9.84 Å². The molecule has 0 aromatic carbocycles. The first-order valence-electron chi connectivity index (χ1n) is 6.81. The van der Waals surface area contributed by atoms with Gasteiger partial charge in [0.05, 0.1) is 6.10 Å². The summed E-state index contributed by atoms with van der Waals surface area (Å²) in [7, 11) is 0. The molecule has 5 aliphatic carbocycles. The van der Waals surface area contributed by atoms with E-state index in [4.69, 9.17) is 9.84 Å². The van der Waals surface area contributed by atoms with Crippen molar-refractivity contribution in [2.75, 3.05) is 0 Å². The molecule has 1 N–H and O–H groups in total. The molecule has 2 saturated heterocycles. The number of hydrogen-bond acceptors (Lipinski definition) is 2. The van der Waals surface area contributed by atoms with E-state index in [1.54, 1.807) is 0 Å². The molecular weight excluding hydrogens is 242 g/mol. The Balaban J connectivity index is 1.65. The number of ether oxygens (including phenoxy) is 1. The molecule has 0 aromatic rings. The molecule has 7 rings (SSSR count). The van der Waals surface area contributed by atoms with Crippen LogP contribution in [0.15, 0.2) is 0 Å². The van der Waals surface area contributed by atoms with E-state index in [2.05, 4.69) is 0 Å². The van der Waals surface area contributed by atoms with E-state index in [-0.39, 0.29) is 29.8 Å². The van der Waals surface area contributed by atoms with E-state index in [0.29, 0.717) is 23.7 Å². The predicted octanol–water partition coefficient (Wildman–Crippen LogP) is 1.23. The predicted molar refractivity (Wildman–Crippen MR) is 52.7 cm³/mol. The van der Waals surface area contributed by atoms with Gasteiger partial charge in [-0.15, -0.1) is 0 Å². The summed E-state index contributed by atoms with van der Waals surface area (Å²) in [6.45, 7) is 0. The average Bonchev–Trinajstić information content (AvgIpc) is 2.86. The van der Waals surface area contributed by atoms with Crippen LogP contribution in [0.3, 0.4) is 0 Å². The Labute approximate surface area is 101 Å². The highest BCUT2D eigenvalue weighted by molar-refractivity contribution is 5.78. The van der Waals surface area contributed by atoms with Crippen LogP contribution in [-0.2, 0) is 9.53 Å². The summed E-state index contributed by atoms with van der Waals surface area (Å²) in [5, 5.41) is 8.95. The molecule has 0 radical (unpaired) electrons. The number of carbonyl (C=O) groups is 1. The van der Waals surface area contributed by atoms with E-state index in [0.717, 1.165) is 6.42 Å². The molecular formula is C13H12F2O3. The van der Waals surface area contributed by atoms with Crippen LogP contribution in [-0.4, -0.2) is 28.7 Å². The number of halogens is 2. The lowest BCUT2D eigenvalue weighted by Crippen LogP contribution is -2.61. The molecule has 2 aliphatic heterocycles. The minimum atomic E-state index is -3.71. The van der Waals surface area contributed by atoms with Crippen LogP contribution in [0.4, 0.5) is 8.78 Å². The number of aliphatic carboxylic acids is 1. The van der Waals surface area contributed by atoms with Gasteiger partial charge in [-0.05, 0) is 41.9 Å². The van der Waals surface area contributed by atoms with Crippen molar-refractivity contribution in [3.63, 3.8) is 0 Å². The van der Waals surface area contributed by atoms with Crippen molar-refractivity contribution in [1.82, 2.24) is 0 Å². The second-order valence-corrected chi connectivity index (χ2v) is 7.18. The third-order valence-corrected chi connectivity index (χ3v) is 7.46. The third kappa shape index (κ3) is 0.497. The third-order valence-electron chi connectivity index (χ3n) is 7.46. The topological polar surface area (TPSA) is 46.5 Å². The fourth-order valence-electron chi connectivity index (χ4n) is 7.67. The molecule has 2 heterocycles. The summed E-state index contributed by atoms with van der Waals surface area (Å²) in [6.07, 6.45) is 1.03. The first-order chi connectivity index (χ1) is 8.52. The standard InChI is InChI=1S/C13H12F2O3/c14-13(15,11(16)17)12-8-3-1-2-4-5(3)9(12)7(4)10(18-12)6(2)8/h2-10H,1H2,(H,16,17)/t2-,3-,4-,5+,6-,7+,8-,9-,10-,12-/m1/s1. The minimum absolute atomic E-state index is 0.0380. The molecule has 18 heavy (non-hydrogen) atoms. The summed E-state index contributed by atoms with van der Waals surface area (Å²) in [5.74, 6) is -3.63. The van der Waals surface area contributed by atoms with E-state index in [1.165, 1.54) is 0 Å². The van der Waals surface area contributed by atoms with Crippen molar-refractivity contribution >= 4 is 5.97 Å². The quantitative estimate of drug-likeness (QED) is 0.806. The lowest BCUT2D eigenvalue weighted by atomic mass is 9.56. The van der Waals surface area contributed by atoms with E-state index in [1.807, 2.05) is 0 Å². The van der Waals surface area contributed by atoms with E-state index >= 15 is 0 Å². The summed E-state index contributed by atoms with van der Waals surface area (Å²) >= 11 is 0. The number of hydrogen-bond donors (Lipinski definition) is 1. The summed E-state index contributed by atoms with van der Waals surface area (Å²) in [6, 6.07) is 0. The Bertz CT molecular complexity index is 524. The van der Waals surface area contributed by atoms with Crippen LogP contribution < -0.4 is 0 Å². The molecule has 4 bridgehead atoms. The van der Waals surface area contributed by atoms with Gasteiger partial charge in [0.25, 0.3) is 0 Å². The molecule has 96 valence electrons. The molecule has 7 fully saturated rings. The van der Waals surface area contributed by atoms with Gasteiger partial charge in [0, 0.05) is 11.8 Å². The molecule has 5 heteroatoms. The molecule has 10 atom stereocenters. The van der Waals surface area contributed by atoms with Crippen molar-refractivity contribution in [3.8, 4) is 0 Å². The minimum Gasteiger partial charge on any atom is -0.477 e. The Morgan fingerprint density at radius 1 is 1.17 bits per heavy atom. The normalized spacial score (nSPS) is 71.6. The molecule has 0 aromatic heterocycles. The number of alkyl halides is 2. The second kappa shape index (κ2) is 2.03. The Hall–Kier alpha value is -0.710. The Morgan fingerprint density at radius 2 is 1.94 bits per heavy atom. The van der Waals surface area contributed by atoms with Gasteiger partial charge in [0.15, 0.2) is 5.60 Å². The van der Waals surface area contributed by atoms with Gasteiger partial charge in [0.2, 0.25) is 0 Å². The van der Waals surface area contributed by atoms with Crippen molar-refractivity contribution in [2.24, 2.45) is 47.3 Å². The Kier molecular flexibility index (Phi) is 1.04. The van der Waals surface area contributed by atoms with Gasteiger partial charge in [-0.2, -0.15) is 8.78 Å². The monoisotopic (exact) mass is 254 g/mol. The number of carboxylic acid groups (broad SMARTS) is 1. The second-order valence-electron chi connectivity index (χ2n) is 7.18. The van der Waals surface area contributed by atoms with Crippen LogP contribution in [0.25, 0.3) is 0 Å². The van der Waals surface area contributed by atoms with Gasteiger partial charge in [-0.1, -0.05) is 0 Å². The first kappa shape index (κ1) is 9.23. The summed E-state index contributed by atoms with van der Waals surface area (Å²) in [5.41, 5.74) is -1.63. The van der Waals surface area contributed by atoms with Gasteiger partial charge in [-0.25, -0.2) is 4.79 Å². The highest BCUT2D eigenvalue weighted by Crippen LogP contribution is 2.91. The van der Waals surface area contributed by atoms with Gasteiger partial charge in [0.1, 0.15) is 0 Å². The maximum atomic E-state index is 14.3. The van der Waals surface area contributed by atoms with E-state index in [9.17, 15) is 13.6 Å². The van der Waals surface area contributed by atoms with Gasteiger partial charge in [-0.3, -0.25) is 0 Å². The first-order valence-corrected chi connectivity index (χ1v) is 6.81. The zero-order chi connectivity index (χ0) is 12.2. The lowest BCUT2D eigenvalue weighted by molar-refractivity contribution is -0.222. The van der Waals surface area contributed by atoms with Crippen molar-refractivity contribution in [1.29, 1.82) is 0 Å². The highest BCUT2D eigenvalue weighted by atomic mass is 19.3. The molecule has 3 nitrogen and oxygen atoms in total. The van der Waals surface area contributed by atoms with E-state index < -0.39 is 17.5 Å². The summed E-state index contributed by atoms with van der Waals surface area (Å²) < 4.78 is 34.4. The van der Waals surface area contributed by atoms with Crippen molar-refractivity contribution < 1.29 is 23.4 Å². The smallest absolute Gasteiger partial charge is 0.377 e. The zero-order valence-electron chi connectivity index (χ0n) is 9.42. The largest absolute Gasteiger partial charge is 0.477 e. The zero-order valence-corrected chi connectivity index (χ0v) is 9.42.